The van der Waals surface area contributed by atoms with E-state index in [1.807, 2.05) is 21.1 Å². The van der Waals surface area contributed by atoms with Gasteiger partial charge in [-0.15, -0.1) is 0 Å². The molecular weight excluding hydrogens is 839 g/mol. The summed E-state index contributed by atoms with van der Waals surface area (Å²) in [6, 6.07) is 0. The van der Waals surface area contributed by atoms with Crippen LogP contribution in [0.25, 0.3) is 0 Å². The van der Waals surface area contributed by atoms with Gasteiger partial charge in [-0.2, -0.15) is 0 Å². The number of nitrogens with zero attached hydrogens (tertiary/aromatic N) is 1. The van der Waals surface area contributed by atoms with Crippen molar-refractivity contribution in [1.29, 1.82) is 0 Å². The van der Waals surface area contributed by atoms with Crippen molar-refractivity contribution < 1.29 is 42.9 Å². The van der Waals surface area contributed by atoms with Crippen molar-refractivity contribution >= 4 is 17.9 Å². The van der Waals surface area contributed by atoms with Crippen LogP contribution in [0.15, 0.2) is 60.8 Å². The number of carboxylic acid groups (broad SMARTS) is 1. The predicted octanol–water partition coefficient (Wildman–Crippen LogP) is 14.3. The Kier molecular flexibility index (Phi) is 47.2. The van der Waals surface area contributed by atoms with Crippen molar-refractivity contribution in [2.75, 3.05) is 47.5 Å². The highest BCUT2D eigenvalue weighted by Crippen LogP contribution is 2.15. The van der Waals surface area contributed by atoms with Gasteiger partial charge in [0.1, 0.15) is 13.2 Å². The summed E-state index contributed by atoms with van der Waals surface area (Å²) >= 11 is 0. The summed E-state index contributed by atoms with van der Waals surface area (Å²) in [6.45, 7) is 4.63. The van der Waals surface area contributed by atoms with Crippen molar-refractivity contribution in [2.45, 2.75) is 245 Å². The highest BCUT2D eigenvalue weighted by Gasteiger charge is 2.22. The maximum absolute atomic E-state index is 12.8. The fourth-order valence-electron chi connectivity index (χ4n) is 7.52. The zero-order chi connectivity index (χ0) is 49.2. The summed E-state index contributed by atoms with van der Waals surface area (Å²) in [7, 11) is 5.91. The second-order valence-corrected chi connectivity index (χ2v) is 19.5. The average molecular weight is 942 g/mol. The fraction of sp³-hybridized carbons (Fsp3) is 0.776. The minimum absolute atomic E-state index is 0.144. The van der Waals surface area contributed by atoms with E-state index >= 15 is 0 Å². The van der Waals surface area contributed by atoms with Gasteiger partial charge in [0.15, 0.2) is 12.4 Å². The minimum Gasteiger partial charge on any atom is -0.545 e. The highest BCUT2D eigenvalue weighted by atomic mass is 16.7. The van der Waals surface area contributed by atoms with Crippen LogP contribution in [0.3, 0.4) is 0 Å². The van der Waals surface area contributed by atoms with Crippen LogP contribution in [0.1, 0.15) is 232 Å². The van der Waals surface area contributed by atoms with Crippen molar-refractivity contribution in [3.63, 3.8) is 0 Å². The lowest BCUT2D eigenvalue weighted by Gasteiger charge is -2.26. The molecule has 0 bridgehead atoms. The molecule has 0 aromatic rings. The monoisotopic (exact) mass is 942 g/mol. The van der Waals surface area contributed by atoms with E-state index in [4.69, 9.17) is 18.9 Å². The van der Waals surface area contributed by atoms with Gasteiger partial charge in [-0.05, 0) is 77.0 Å². The van der Waals surface area contributed by atoms with Crippen LogP contribution in [0, 0.1) is 0 Å². The summed E-state index contributed by atoms with van der Waals surface area (Å²) in [5.74, 6) is -2.29. The Bertz CT molecular complexity index is 1280. The Balaban J connectivity index is 4.31. The number of ether oxygens (including phenoxy) is 4. The van der Waals surface area contributed by atoms with Gasteiger partial charge in [0, 0.05) is 12.8 Å². The van der Waals surface area contributed by atoms with Crippen LogP contribution in [0.2, 0.25) is 0 Å². The third-order valence-electron chi connectivity index (χ3n) is 11.7. The largest absolute Gasteiger partial charge is 0.545 e. The summed E-state index contributed by atoms with van der Waals surface area (Å²) in [4.78, 5) is 37.2. The average Bonchev–Trinajstić information content (AvgIpc) is 3.29. The lowest BCUT2D eigenvalue weighted by Crippen LogP contribution is -2.44. The number of hydrogen-bond donors (Lipinski definition) is 0. The van der Waals surface area contributed by atoms with Gasteiger partial charge in [-0.25, -0.2) is 0 Å². The highest BCUT2D eigenvalue weighted by molar-refractivity contribution is 5.70. The number of aliphatic carboxylic acids is 1. The van der Waals surface area contributed by atoms with Crippen molar-refractivity contribution in [3.05, 3.63) is 60.8 Å². The topological polar surface area (TPSA) is 111 Å². The van der Waals surface area contributed by atoms with Gasteiger partial charge in [0.25, 0.3) is 0 Å². The Morgan fingerprint density at radius 3 is 1.28 bits per heavy atom. The van der Waals surface area contributed by atoms with E-state index in [0.717, 1.165) is 70.6 Å². The fourth-order valence-corrected chi connectivity index (χ4v) is 7.52. The molecule has 0 aromatic heterocycles. The van der Waals surface area contributed by atoms with E-state index in [-0.39, 0.29) is 38.6 Å². The molecule has 0 saturated heterocycles. The van der Waals surface area contributed by atoms with Gasteiger partial charge in [-0.1, -0.05) is 203 Å². The number of likely N-dealkylation sites (N-methyl/N-ethyl adjacent to an activating group) is 1. The number of allylic oxidation sites excluding steroid dienone is 10. The van der Waals surface area contributed by atoms with Crippen molar-refractivity contribution in [1.82, 2.24) is 0 Å². The molecule has 0 heterocycles. The van der Waals surface area contributed by atoms with Crippen LogP contribution < -0.4 is 5.11 Å². The zero-order valence-corrected chi connectivity index (χ0v) is 44.0. The number of carbonyl (C=O) groups is 3. The predicted molar refractivity (Wildman–Crippen MR) is 278 cm³/mol. The molecule has 2 atom stereocenters. The van der Waals surface area contributed by atoms with E-state index < -0.39 is 24.3 Å². The molecule has 0 aromatic carbocycles. The number of rotatable bonds is 50. The lowest BCUT2D eigenvalue weighted by atomic mass is 10.1. The Labute approximate surface area is 412 Å². The molecule has 0 N–H and O–H groups in total. The van der Waals surface area contributed by atoms with Crippen molar-refractivity contribution in [3.8, 4) is 0 Å². The maximum atomic E-state index is 12.8. The number of unbranched alkanes of at least 4 members (excludes halogenated alkanes) is 25. The molecule has 0 saturated carbocycles. The van der Waals surface area contributed by atoms with Crippen LogP contribution in [0.5, 0.6) is 0 Å². The van der Waals surface area contributed by atoms with Gasteiger partial charge in [0.05, 0.1) is 40.3 Å². The van der Waals surface area contributed by atoms with E-state index in [9.17, 15) is 19.5 Å². The Hall–Kier alpha value is -3.01. The molecular formula is C58H103NO8. The molecule has 388 valence electrons. The van der Waals surface area contributed by atoms with Crippen LogP contribution in [0.4, 0.5) is 0 Å². The molecule has 0 rings (SSSR count). The summed E-state index contributed by atoms with van der Waals surface area (Å²) in [5.41, 5.74) is 0. The van der Waals surface area contributed by atoms with E-state index in [2.05, 4.69) is 74.6 Å². The number of quaternary nitrogens is 1. The van der Waals surface area contributed by atoms with Gasteiger partial charge >= 0.3 is 11.9 Å². The smallest absolute Gasteiger partial charge is 0.306 e. The molecule has 0 radical (unpaired) electrons. The first-order valence-electron chi connectivity index (χ1n) is 27.4. The number of carbonyl (C=O) groups excluding carboxylic acids is 3. The molecule has 2 unspecified atom stereocenters. The third-order valence-corrected chi connectivity index (χ3v) is 11.7. The van der Waals surface area contributed by atoms with E-state index in [0.29, 0.717) is 17.4 Å². The number of hydrogen-bond acceptors (Lipinski definition) is 8. The second kappa shape index (κ2) is 49.4. The van der Waals surface area contributed by atoms with Gasteiger partial charge in [-0.3, -0.25) is 9.59 Å². The maximum Gasteiger partial charge on any atom is 0.306 e. The van der Waals surface area contributed by atoms with Crippen LogP contribution >= 0.6 is 0 Å². The van der Waals surface area contributed by atoms with E-state index in [1.165, 1.54) is 128 Å². The molecule has 0 spiro atoms. The third kappa shape index (κ3) is 50.7. The van der Waals surface area contributed by atoms with Gasteiger partial charge in [0.2, 0.25) is 0 Å². The SMILES string of the molecule is CC/C=C\C/C=C\C/C=C\C/C=C\CCCCCCCCCCC(=O)OC(COC(=O)CCCCCCCCCCC/C=C\CCCCCCCCCC)COC(OCC[N+](C)(C)C)C(=O)[O-]. The van der Waals surface area contributed by atoms with Crippen LogP contribution in [-0.2, 0) is 33.3 Å². The molecule has 0 aliphatic carbocycles. The molecule has 0 fully saturated rings. The first-order chi connectivity index (χ1) is 32.6. The number of esters is 2. The summed E-state index contributed by atoms with van der Waals surface area (Å²) < 4.78 is 22.7. The first kappa shape index (κ1) is 64.0. The second-order valence-electron chi connectivity index (χ2n) is 19.5. The minimum atomic E-state index is -1.63. The zero-order valence-electron chi connectivity index (χ0n) is 44.0. The molecule has 9 nitrogen and oxygen atoms in total. The van der Waals surface area contributed by atoms with Gasteiger partial charge < -0.3 is 33.3 Å². The van der Waals surface area contributed by atoms with Crippen LogP contribution in [-0.4, -0.2) is 82.3 Å². The molecule has 9 heteroatoms. The molecule has 0 aliphatic heterocycles. The summed E-state index contributed by atoms with van der Waals surface area (Å²) in [5, 5.41) is 11.8. The Morgan fingerprint density at radius 2 is 0.851 bits per heavy atom. The Morgan fingerprint density at radius 1 is 0.463 bits per heavy atom. The first-order valence-corrected chi connectivity index (χ1v) is 27.4. The number of carboxylic acids is 1. The quantitative estimate of drug-likeness (QED) is 0.0195. The molecule has 67 heavy (non-hydrogen) atoms. The normalized spacial score (nSPS) is 13.3. The van der Waals surface area contributed by atoms with Crippen molar-refractivity contribution in [2.24, 2.45) is 0 Å². The molecule has 0 amide bonds. The lowest BCUT2D eigenvalue weighted by molar-refractivity contribution is -0.870. The molecule has 0 aliphatic rings. The summed E-state index contributed by atoms with van der Waals surface area (Å²) in [6.07, 6.45) is 58.3. The van der Waals surface area contributed by atoms with E-state index in [1.54, 1.807) is 0 Å². The standard InChI is InChI=1S/C58H103NO8/c1-6-8-10-12-14-16-18-20-22-24-26-28-30-32-34-36-38-40-42-44-46-48-55(60)65-52-54(53-66-58(57(62)63)64-51-50-59(3,4)5)67-56(61)49-47-45-43-41-39-37-35-33-31-29-27-25-23-21-19-17-15-13-11-9-7-2/h9,11,15,17,21,23-24,26-27,29,54,58H,6-8,10,12-14,16,18-20,22,25,28,30-53H2,1-5H3/b11-9-,17-15-,23-21-,26-24-,29-27-.